The van der Waals surface area contributed by atoms with Crippen LogP contribution in [-0.2, 0) is 32.0 Å². The van der Waals surface area contributed by atoms with E-state index in [0.29, 0.717) is 12.8 Å². The third kappa shape index (κ3) is 11.4. The Bertz CT molecular complexity index is 1240. The first-order valence-corrected chi connectivity index (χ1v) is 15.8. The Morgan fingerprint density at radius 3 is 1.76 bits per heavy atom. The topological polar surface area (TPSA) is 145 Å². The van der Waals surface area contributed by atoms with Crippen molar-refractivity contribution in [2.75, 3.05) is 14.1 Å². The van der Waals surface area contributed by atoms with Crippen LogP contribution in [0.1, 0.15) is 59.1 Å². The fourth-order valence-electron chi connectivity index (χ4n) is 5.64. The lowest BCUT2D eigenvalue weighted by molar-refractivity contribution is -0.149. The number of nitrogens with two attached hydrogens (primary N) is 1. The van der Waals surface area contributed by atoms with Gasteiger partial charge in [-0.3, -0.25) is 24.5 Å². The van der Waals surface area contributed by atoms with Crippen molar-refractivity contribution in [1.29, 1.82) is 0 Å². The van der Waals surface area contributed by atoms with Gasteiger partial charge >= 0.3 is 0 Å². The Morgan fingerprint density at radius 1 is 0.800 bits per heavy atom. The molecule has 0 aliphatic heterocycles. The van der Waals surface area contributed by atoms with Crippen LogP contribution in [0.15, 0.2) is 60.7 Å². The summed E-state index contributed by atoms with van der Waals surface area (Å²) in [5.74, 6) is -1.37. The van der Waals surface area contributed by atoms with E-state index >= 15 is 0 Å². The molecule has 0 bridgehead atoms. The smallest absolute Gasteiger partial charge is 0.246 e. The highest BCUT2D eigenvalue weighted by molar-refractivity contribution is 5.93. The average molecular weight is 624 g/mol. The van der Waals surface area contributed by atoms with Crippen LogP contribution in [0.2, 0.25) is 0 Å². The number of aliphatic hydroxyl groups is 1. The van der Waals surface area contributed by atoms with Gasteiger partial charge in [-0.1, -0.05) is 88.4 Å². The second-order valence-corrected chi connectivity index (χ2v) is 12.8. The van der Waals surface area contributed by atoms with Crippen molar-refractivity contribution >= 4 is 23.5 Å². The molecule has 6 atom stereocenters. The third-order valence-corrected chi connectivity index (χ3v) is 7.99. The summed E-state index contributed by atoms with van der Waals surface area (Å²) in [6, 6.07) is 15.6. The van der Waals surface area contributed by atoms with Crippen LogP contribution in [0.5, 0.6) is 0 Å². The molecular weight excluding hydrogens is 570 g/mol. The molecule has 0 aliphatic rings. The van der Waals surface area contributed by atoms with Crippen LogP contribution in [0.25, 0.3) is 0 Å². The monoisotopic (exact) mass is 623 g/mol. The molecule has 0 unspecified atom stereocenters. The largest absolute Gasteiger partial charge is 0.390 e. The minimum absolute atomic E-state index is 0.0690. The lowest BCUT2D eigenvalue weighted by Gasteiger charge is -2.38. The van der Waals surface area contributed by atoms with Gasteiger partial charge in [-0.05, 0) is 49.7 Å². The van der Waals surface area contributed by atoms with E-state index in [-0.39, 0.29) is 35.9 Å². The second-order valence-electron chi connectivity index (χ2n) is 12.8. The van der Waals surface area contributed by atoms with E-state index in [1.807, 2.05) is 88.4 Å². The predicted molar refractivity (Wildman–Crippen MR) is 177 cm³/mol. The van der Waals surface area contributed by atoms with Gasteiger partial charge < -0.3 is 26.0 Å². The van der Waals surface area contributed by atoms with Gasteiger partial charge in [-0.2, -0.15) is 0 Å². The Morgan fingerprint density at radius 2 is 1.31 bits per heavy atom. The van der Waals surface area contributed by atoms with Gasteiger partial charge in [-0.25, -0.2) is 0 Å². The van der Waals surface area contributed by atoms with Crippen molar-refractivity contribution in [2.24, 2.45) is 17.6 Å². The van der Waals surface area contributed by atoms with E-state index in [0.717, 1.165) is 11.1 Å². The summed E-state index contributed by atoms with van der Waals surface area (Å²) in [7, 11) is 3.19. The van der Waals surface area contributed by atoms with E-state index < -0.39 is 42.3 Å². The molecule has 0 aromatic heterocycles. The van der Waals surface area contributed by atoms with Crippen LogP contribution in [-0.4, -0.2) is 88.9 Å². The van der Waals surface area contributed by atoms with Gasteiger partial charge in [0.2, 0.25) is 17.7 Å². The van der Waals surface area contributed by atoms with Crippen molar-refractivity contribution < 1.29 is 24.3 Å². The number of likely N-dealkylation sites (N-methyl/N-ethyl adjacent to an activating group) is 2. The Hall–Kier alpha value is -3.60. The Balaban J connectivity index is 2.35. The van der Waals surface area contributed by atoms with Crippen LogP contribution in [0.4, 0.5) is 0 Å². The van der Waals surface area contributed by atoms with Gasteiger partial charge in [-0.15, -0.1) is 0 Å². The second kappa shape index (κ2) is 17.8. The zero-order valence-corrected chi connectivity index (χ0v) is 28.1. The first-order chi connectivity index (χ1) is 21.1. The molecule has 0 saturated carbocycles. The van der Waals surface area contributed by atoms with E-state index in [9.17, 15) is 24.3 Å². The summed E-state index contributed by atoms with van der Waals surface area (Å²) in [6.45, 7) is 10.7. The number of carbonyl (C=O) groups is 4. The number of amides is 3. The summed E-state index contributed by atoms with van der Waals surface area (Å²) < 4.78 is 0. The number of rotatable bonds is 17. The molecule has 0 saturated heterocycles. The third-order valence-electron chi connectivity index (χ3n) is 7.99. The standard InChI is InChI=1S/C35H53N5O5/c1-22(2)19-29(37-32(25(6)42)38-33(43)28(36)20-26-15-11-9-12-16-26)34(44)39(7)30(21-27-17-13-10-14-18-27)35(45)40(8)31(23(3)4)24(5)41/h9-18,22-23,25,28-32,37,42H,19-21,36H2,1-8H3,(H,38,43)/t25-,28+,29+,30+,31+,32+/m1/s1. The number of hydrogen-bond acceptors (Lipinski definition) is 7. The van der Waals surface area contributed by atoms with Crippen molar-refractivity contribution in [3.8, 4) is 0 Å². The molecule has 45 heavy (non-hydrogen) atoms. The predicted octanol–water partition coefficient (Wildman–Crippen LogP) is 2.53. The average Bonchev–Trinajstić information content (AvgIpc) is 2.98. The van der Waals surface area contributed by atoms with Crippen molar-refractivity contribution in [3.05, 3.63) is 71.8 Å². The molecule has 0 aliphatic carbocycles. The van der Waals surface area contributed by atoms with E-state index in [2.05, 4.69) is 10.6 Å². The number of aliphatic hydroxyl groups excluding tert-OH is 1. The molecular formula is C35H53N5O5. The zero-order chi connectivity index (χ0) is 33.8. The van der Waals surface area contributed by atoms with Gasteiger partial charge in [0.25, 0.3) is 0 Å². The van der Waals surface area contributed by atoms with E-state index in [1.54, 1.807) is 14.1 Å². The van der Waals surface area contributed by atoms with Crippen LogP contribution >= 0.6 is 0 Å². The molecule has 2 rings (SSSR count). The fourth-order valence-corrected chi connectivity index (χ4v) is 5.64. The molecule has 0 heterocycles. The number of nitrogens with one attached hydrogen (secondary N) is 2. The normalized spacial score (nSPS) is 15.5. The highest BCUT2D eigenvalue weighted by Crippen LogP contribution is 2.19. The summed E-state index contributed by atoms with van der Waals surface area (Å²) in [4.78, 5) is 56.7. The highest BCUT2D eigenvalue weighted by Gasteiger charge is 2.38. The van der Waals surface area contributed by atoms with Gasteiger partial charge in [0.05, 0.1) is 24.2 Å². The summed E-state index contributed by atoms with van der Waals surface area (Å²) >= 11 is 0. The molecule has 2 aromatic rings. The van der Waals surface area contributed by atoms with Crippen molar-refractivity contribution in [3.63, 3.8) is 0 Å². The number of nitrogens with zero attached hydrogens (tertiary/aromatic N) is 2. The lowest BCUT2D eigenvalue weighted by Crippen LogP contribution is -2.62. The number of benzene rings is 2. The number of Topliss-reactive ketones (excluding diaryl/α,β-unsaturated/α-hetero) is 1. The van der Waals surface area contributed by atoms with Crippen LogP contribution < -0.4 is 16.4 Å². The van der Waals surface area contributed by atoms with Crippen molar-refractivity contribution in [2.45, 2.75) is 97.2 Å². The Labute approximate surface area is 268 Å². The zero-order valence-electron chi connectivity index (χ0n) is 28.1. The number of hydrogen-bond donors (Lipinski definition) is 4. The summed E-state index contributed by atoms with van der Waals surface area (Å²) in [5.41, 5.74) is 7.96. The molecule has 10 heteroatoms. The maximum Gasteiger partial charge on any atom is 0.246 e. The van der Waals surface area contributed by atoms with Gasteiger partial charge in [0.15, 0.2) is 5.78 Å². The number of carbonyl (C=O) groups excluding carboxylic acids is 4. The van der Waals surface area contributed by atoms with Crippen LogP contribution in [0.3, 0.4) is 0 Å². The maximum atomic E-state index is 14.2. The fraction of sp³-hybridized carbons (Fsp3) is 0.543. The minimum Gasteiger partial charge on any atom is -0.390 e. The molecule has 248 valence electrons. The maximum absolute atomic E-state index is 14.2. The molecule has 2 aromatic carbocycles. The lowest BCUT2D eigenvalue weighted by atomic mass is 9.96. The first-order valence-electron chi connectivity index (χ1n) is 15.8. The van der Waals surface area contributed by atoms with Crippen molar-refractivity contribution in [1.82, 2.24) is 20.4 Å². The number of ketones is 1. The molecule has 3 amide bonds. The molecule has 0 fully saturated rings. The Kier molecular flexibility index (Phi) is 14.8. The summed E-state index contributed by atoms with van der Waals surface area (Å²) in [5, 5.41) is 16.6. The van der Waals surface area contributed by atoms with Gasteiger partial charge in [0.1, 0.15) is 12.2 Å². The molecule has 10 nitrogen and oxygen atoms in total. The first kappa shape index (κ1) is 37.6. The van der Waals surface area contributed by atoms with Crippen LogP contribution in [0, 0.1) is 11.8 Å². The molecule has 5 N–H and O–H groups in total. The quantitative estimate of drug-likeness (QED) is 0.198. The molecule has 0 radical (unpaired) electrons. The summed E-state index contributed by atoms with van der Waals surface area (Å²) in [6.07, 6.45) is -1.10. The van der Waals surface area contributed by atoms with E-state index in [1.165, 1.54) is 23.6 Å². The highest BCUT2D eigenvalue weighted by atomic mass is 16.3. The van der Waals surface area contributed by atoms with Gasteiger partial charge in [0, 0.05) is 20.5 Å². The molecule has 0 spiro atoms. The van der Waals surface area contributed by atoms with E-state index in [4.69, 9.17) is 5.73 Å². The SMILES string of the molecule is CC(=O)[C@H](C(C)C)N(C)C(=O)[C@H](Cc1ccccc1)N(C)C(=O)[C@H](CC(C)C)N[C@@H](NC(=O)[C@@H](N)Cc1ccccc1)[C@@H](C)O. The minimum atomic E-state index is -1.05.